The van der Waals surface area contributed by atoms with Crippen LogP contribution < -0.4 is 0 Å². The van der Waals surface area contributed by atoms with Crippen molar-refractivity contribution in [1.29, 1.82) is 0 Å². The summed E-state index contributed by atoms with van der Waals surface area (Å²) in [6, 6.07) is 1.98. The normalized spacial score (nSPS) is 9.00. The summed E-state index contributed by atoms with van der Waals surface area (Å²) in [5, 5.41) is 4.01. The standard InChI is InChI=1S/C7H8OS/c1-6(8-2)7-3-4-9-5-7/h3-5H,1H2,2H3. The lowest BCUT2D eigenvalue weighted by Crippen LogP contribution is -1.79. The molecule has 1 aromatic heterocycles. The van der Waals surface area contributed by atoms with Gasteiger partial charge in [0.15, 0.2) is 0 Å². The lowest BCUT2D eigenvalue weighted by molar-refractivity contribution is 0.371. The van der Waals surface area contributed by atoms with Gasteiger partial charge < -0.3 is 4.74 Å². The molecule has 0 bridgehead atoms. The molecule has 1 rings (SSSR count). The predicted octanol–water partition coefficient (Wildman–Crippen LogP) is 2.37. The zero-order valence-electron chi connectivity index (χ0n) is 5.26. The van der Waals surface area contributed by atoms with E-state index in [1.807, 2.05) is 16.8 Å². The topological polar surface area (TPSA) is 9.23 Å². The average Bonchev–Trinajstić information content (AvgIpc) is 2.37. The summed E-state index contributed by atoms with van der Waals surface area (Å²) in [4.78, 5) is 0. The van der Waals surface area contributed by atoms with E-state index in [9.17, 15) is 0 Å². The number of hydrogen-bond donors (Lipinski definition) is 0. The molecule has 9 heavy (non-hydrogen) atoms. The van der Waals surface area contributed by atoms with Crippen LogP contribution in [0.3, 0.4) is 0 Å². The third-order valence-corrected chi connectivity index (χ3v) is 1.77. The van der Waals surface area contributed by atoms with E-state index in [2.05, 4.69) is 6.58 Å². The molecule has 0 radical (unpaired) electrons. The van der Waals surface area contributed by atoms with E-state index >= 15 is 0 Å². The van der Waals surface area contributed by atoms with E-state index in [4.69, 9.17) is 4.74 Å². The Morgan fingerprint density at radius 3 is 3.00 bits per heavy atom. The smallest absolute Gasteiger partial charge is 0.119 e. The van der Waals surface area contributed by atoms with Gasteiger partial charge in [0.1, 0.15) is 5.76 Å². The van der Waals surface area contributed by atoms with Gasteiger partial charge in [-0.1, -0.05) is 6.58 Å². The SMILES string of the molecule is C=C(OC)c1ccsc1. The van der Waals surface area contributed by atoms with E-state index in [0.29, 0.717) is 0 Å². The van der Waals surface area contributed by atoms with Gasteiger partial charge in [0.2, 0.25) is 0 Å². The average molecular weight is 140 g/mol. The summed E-state index contributed by atoms with van der Waals surface area (Å²) in [6.07, 6.45) is 0. The Kier molecular flexibility index (Phi) is 1.90. The Bertz CT molecular complexity index is 189. The van der Waals surface area contributed by atoms with Crippen molar-refractivity contribution >= 4 is 17.1 Å². The summed E-state index contributed by atoms with van der Waals surface area (Å²) in [5.41, 5.74) is 1.07. The Labute approximate surface area is 58.6 Å². The molecule has 0 N–H and O–H groups in total. The minimum Gasteiger partial charge on any atom is -0.497 e. The highest BCUT2D eigenvalue weighted by molar-refractivity contribution is 7.08. The Balaban J connectivity index is 2.77. The number of methoxy groups -OCH3 is 1. The highest BCUT2D eigenvalue weighted by atomic mass is 32.1. The maximum Gasteiger partial charge on any atom is 0.119 e. The zero-order chi connectivity index (χ0) is 6.69. The Morgan fingerprint density at radius 2 is 2.56 bits per heavy atom. The first-order chi connectivity index (χ1) is 4.34. The molecule has 1 heterocycles. The summed E-state index contributed by atoms with van der Waals surface area (Å²) < 4.78 is 4.91. The van der Waals surface area contributed by atoms with Gasteiger partial charge in [0.25, 0.3) is 0 Å². The fraction of sp³-hybridized carbons (Fsp3) is 0.143. The van der Waals surface area contributed by atoms with Gasteiger partial charge in [-0.3, -0.25) is 0 Å². The summed E-state index contributed by atoms with van der Waals surface area (Å²) >= 11 is 1.64. The van der Waals surface area contributed by atoms with Crippen molar-refractivity contribution < 1.29 is 4.74 Å². The van der Waals surface area contributed by atoms with E-state index < -0.39 is 0 Å². The molecule has 0 saturated heterocycles. The highest BCUT2D eigenvalue weighted by Crippen LogP contribution is 2.15. The number of rotatable bonds is 2. The van der Waals surface area contributed by atoms with Gasteiger partial charge in [-0.15, -0.1) is 0 Å². The quantitative estimate of drug-likeness (QED) is 0.573. The van der Waals surface area contributed by atoms with Gasteiger partial charge in [0.05, 0.1) is 7.11 Å². The van der Waals surface area contributed by atoms with Crippen molar-refractivity contribution in [3.63, 3.8) is 0 Å². The first-order valence-corrected chi connectivity index (χ1v) is 3.54. The van der Waals surface area contributed by atoms with Crippen LogP contribution in [0.2, 0.25) is 0 Å². The molecule has 0 aliphatic rings. The molecular weight excluding hydrogens is 132 g/mol. The minimum absolute atomic E-state index is 0.733. The van der Waals surface area contributed by atoms with Crippen LogP contribution in [0.1, 0.15) is 5.56 Å². The summed E-state index contributed by atoms with van der Waals surface area (Å²) in [5.74, 6) is 0.733. The fourth-order valence-corrected chi connectivity index (χ4v) is 1.20. The maximum absolute atomic E-state index is 4.91. The molecule has 0 saturated carbocycles. The van der Waals surface area contributed by atoms with Crippen LogP contribution >= 0.6 is 11.3 Å². The number of ether oxygens (including phenoxy) is 1. The molecular formula is C7H8OS. The van der Waals surface area contributed by atoms with Crippen molar-refractivity contribution in [2.75, 3.05) is 7.11 Å². The number of hydrogen-bond acceptors (Lipinski definition) is 2. The first-order valence-electron chi connectivity index (χ1n) is 2.60. The van der Waals surface area contributed by atoms with E-state index in [1.54, 1.807) is 18.4 Å². The van der Waals surface area contributed by atoms with Crippen molar-refractivity contribution in [1.82, 2.24) is 0 Å². The van der Waals surface area contributed by atoms with E-state index in [-0.39, 0.29) is 0 Å². The molecule has 0 aromatic carbocycles. The van der Waals surface area contributed by atoms with Gasteiger partial charge in [-0.2, -0.15) is 11.3 Å². The van der Waals surface area contributed by atoms with Crippen LogP contribution in [0.5, 0.6) is 0 Å². The van der Waals surface area contributed by atoms with Gasteiger partial charge >= 0.3 is 0 Å². The molecule has 0 fully saturated rings. The molecule has 0 unspecified atom stereocenters. The molecule has 0 aliphatic carbocycles. The van der Waals surface area contributed by atoms with Gasteiger partial charge in [0, 0.05) is 10.9 Å². The maximum atomic E-state index is 4.91. The van der Waals surface area contributed by atoms with Gasteiger partial charge in [-0.25, -0.2) is 0 Å². The molecule has 1 nitrogen and oxygen atoms in total. The second kappa shape index (κ2) is 2.69. The Hall–Kier alpha value is -0.760. The molecule has 0 amide bonds. The third-order valence-electron chi connectivity index (χ3n) is 1.09. The Morgan fingerprint density at radius 1 is 1.78 bits per heavy atom. The lowest BCUT2D eigenvalue weighted by atomic mass is 10.3. The molecule has 0 spiro atoms. The summed E-state index contributed by atoms with van der Waals surface area (Å²) in [7, 11) is 1.62. The largest absolute Gasteiger partial charge is 0.497 e. The van der Waals surface area contributed by atoms with Crippen LogP contribution in [-0.4, -0.2) is 7.11 Å². The fourth-order valence-electron chi connectivity index (χ4n) is 0.541. The molecule has 0 atom stereocenters. The summed E-state index contributed by atoms with van der Waals surface area (Å²) in [6.45, 7) is 3.70. The lowest BCUT2D eigenvalue weighted by Gasteiger charge is -1.97. The highest BCUT2D eigenvalue weighted by Gasteiger charge is 1.94. The van der Waals surface area contributed by atoms with Crippen LogP contribution in [0.25, 0.3) is 5.76 Å². The first kappa shape index (κ1) is 6.36. The van der Waals surface area contributed by atoms with Gasteiger partial charge in [-0.05, 0) is 11.4 Å². The second-order valence-corrected chi connectivity index (χ2v) is 2.42. The predicted molar refractivity (Wildman–Crippen MR) is 40.4 cm³/mol. The van der Waals surface area contributed by atoms with Crippen LogP contribution in [-0.2, 0) is 4.74 Å². The van der Waals surface area contributed by atoms with Crippen molar-refractivity contribution in [2.24, 2.45) is 0 Å². The third kappa shape index (κ3) is 1.33. The van der Waals surface area contributed by atoms with Crippen LogP contribution in [0, 0.1) is 0 Å². The van der Waals surface area contributed by atoms with Crippen molar-refractivity contribution in [2.45, 2.75) is 0 Å². The van der Waals surface area contributed by atoms with Crippen LogP contribution in [0.4, 0.5) is 0 Å². The minimum atomic E-state index is 0.733. The van der Waals surface area contributed by atoms with E-state index in [0.717, 1.165) is 11.3 Å². The second-order valence-electron chi connectivity index (χ2n) is 1.64. The van der Waals surface area contributed by atoms with Crippen LogP contribution in [0.15, 0.2) is 23.4 Å². The van der Waals surface area contributed by atoms with Crippen molar-refractivity contribution in [3.8, 4) is 0 Å². The molecule has 1 aromatic rings. The van der Waals surface area contributed by atoms with Crippen molar-refractivity contribution in [3.05, 3.63) is 29.0 Å². The zero-order valence-corrected chi connectivity index (χ0v) is 6.07. The molecule has 0 aliphatic heterocycles. The molecule has 48 valence electrons. The van der Waals surface area contributed by atoms with E-state index in [1.165, 1.54) is 0 Å². The molecule has 2 heteroatoms. The monoisotopic (exact) mass is 140 g/mol. The number of thiophene rings is 1.